The zero-order valence-corrected chi connectivity index (χ0v) is 39.5. The third kappa shape index (κ3) is 41.1. The monoisotopic (exact) mass is 861 g/mol. The Labute approximate surface area is 378 Å². The molecule has 0 amide bonds. The van der Waals surface area contributed by atoms with Crippen LogP contribution in [-0.2, 0) is 28.6 Å². The highest BCUT2D eigenvalue weighted by molar-refractivity contribution is 5.72. The molecule has 0 aromatic heterocycles. The van der Waals surface area contributed by atoms with Crippen molar-refractivity contribution in [2.24, 2.45) is 0 Å². The molecule has 2 atom stereocenters. The lowest BCUT2D eigenvalue weighted by atomic mass is 10.1. The second-order valence-electron chi connectivity index (χ2n) is 16.2. The van der Waals surface area contributed by atoms with Crippen LogP contribution in [0.25, 0.3) is 0 Å². The van der Waals surface area contributed by atoms with E-state index < -0.39 is 18.1 Å². The summed E-state index contributed by atoms with van der Waals surface area (Å²) >= 11 is 0. The van der Waals surface area contributed by atoms with Gasteiger partial charge in [0.2, 0.25) is 0 Å². The van der Waals surface area contributed by atoms with Crippen LogP contribution >= 0.6 is 0 Å². The minimum Gasteiger partial charge on any atom is -0.477 e. The summed E-state index contributed by atoms with van der Waals surface area (Å²) in [7, 11) is 5.49. The predicted molar refractivity (Wildman–Crippen MR) is 261 cm³/mol. The zero-order chi connectivity index (χ0) is 45.6. The van der Waals surface area contributed by atoms with Crippen molar-refractivity contribution < 1.29 is 38.2 Å². The molecule has 62 heavy (non-hydrogen) atoms. The summed E-state index contributed by atoms with van der Waals surface area (Å²) in [4.78, 5) is 37.1. The first-order valence-electron chi connectivity index (χ1n) is 23.6. The molecule has 0 saturated heterocycles. The van der Waals surface area contributed by atoms with E-state index in [1.54, 1.807) is 0 Å². The molecule has 0 aliphatic heterocycles. The standard InChI is InChI=1S/C54H85NO7/c1-6-8-10-12-14-16-18-20-22-24-25-26-27-28-29-31-33-35-37-39-41-43-45-53(57)62-50(48-60-47-46-51(54(58)59)55(3,4)5)49-61-52(56)44-42-40-38-36-34-32-30-23-21-19-17-15-13-11-9-7-2/h8-11,14-17,20-23,25-26,28-29,32-35,50-51H,6-7,12-13,18-19,24,27,30-31,36-49H2,1-5H3/p+1/b10-8+,11-9+,16-14+,17-15+,22-20+,23-21+,26-25+,29-28+,34-32+,35-33+. The number of carboxylic acids is 1. The predicted octanol–water partition coefficient (Wildman–Crippen LogP) is 13.4. The highest BCUT2D eigenvalue weighted by Crippen LogP contribution is 2.12. The Hall–Kier alpha value is -4.27. The Kier molecular flexibility index (Phi) is 40.4. The van der Waals surface area contributed by atoms with E-state index in [-0.39, 0.29) is 42.7 Å². The topological polar surface area (TPSA) is 99.1 Å². The number of quaternary nitrogens is 1. The normalized spacial score (nSPS) is 14.0. The van der Waals surface area contributed by atoms with Crippen LogP contribution in [-0.4, -0.2) is 80.6 Å². The van der Waals surface area contributed by atoms with E-state index in [4.69, 9.17) is 14.2 Å². The molecular weight excluding hydrogens is 775 g/mol. The van der Waals surface area contributed by atoms with Crippen molar-refractivity contribution in [2.75, 3.05) is 41.0 Å². The SMILES string of the molecule is CC/C=C/C/C=C/C/C=C/C/C=C/C/C=C/C/C=C/CCCCCC(=O)OC(COCCC(C(=O)O)[N+](C)(C)C)COC(=O)CCCCC/C=C/C/C=C/C/C=C/C/C=C/CC. The maximum atomic E-state index is 12.8. The average molecular weight is 861 g/mol. The molecule has 348 valence electrons. The third-order valence-corrected chi connectivity index (χ3v) is 9.61. The summed E-state index contributed by atoms with van der Waals surface area (Å²) < 4.78 is 17.2. The van der Waals surface area contributed by atoms with Crippen molar-refractivity contribution in [3.05, 3.63) is 122 Å². The summed E-state index contributed by atoms with van der Waals surface area (Å²) in [5.74, 6) is -1.57. The Balaban J connectivity index is 4.46. The highest BCUT2D eigenvalue weighted by Gasteiger charge is 2.31. The maximum Gasteiger partial charge on any atom is 0.362 e. The van der Waals surface area contributed by atoms with Gasteiger partial charge in [-0.05, 0) is 103 Å². The van der Waals surface area contributed by atoms with Crippen LogP contribution in [0.2, 0.25) is 0 Å². The molecule has 0 aliphatic carbocycles. The maximum absolute atomic E-state index is 12.8. The first kappa shape index (κ1) is 57.7. The molecule has 0 heterocycles. The molecule has 2 unspecified atom stereocenters. The van der Waals surface area contributed by atoms with Gasteiger partial charge in [-0.1, -0.05) is 148 Å². The number of allylic oxidation sites excluding steroid dienone is 20. The van der Waals surface area contributed by atoms with Gasteiger partial charge in [0, 0.05) is 19.3 Å². The number of carbonyl (C=O) groups is 3. The number of hydrogen-bond donors (Lipinski definition) is 1. The average Bonchev–Trinajstić information content (AvgIpc) is 3.23. The molecule has 0 rings (SSSR count). The van der Waals surface area contributed by atoms with Crippen LogP contribution in [0.15, 0.2) is 122 Å². The summed E-state index contributed by atoms with van der Waals surface area (Å²) in [5, 5.41) is 9.64. The van der Waals surface area contributed by atoms with E-state index in [0.29, 0.717) is 19.3 Å². The lowest BCUT2D eigenvalue weighted by Gasteiger charge is -2.31. The van der Waals surface area contributed by atoms with Gasteiger partial charge in [-0.25, -0.2) is 4.79 Å². The zero-order valence-electron chi connectivity index (χ0n) is 39.5. The molecular formula is C54H86NO7+. The van der Waals surface area contributed by atoms with Crippen molar-refractivity contribution in [1.82, 2.24) is 0 Å². The number of unbranched alkanes of at least 4 members (excludes halogenated alkanes) is 6. The molecule has 0 aromatic carbocycles. The number of esters is 2. The van der Waals surface area contributed by atoms with Crippen LogP contribution in [0.1, 0.15) is 149 Å². The van der Waals surface area contributed by atoms with Gasteiger partial charge in [0.05, 0.1) is 34.4 Å². The van der Waals surface area contributed by atoms with Gasteiger partial charge in [-0.3, -0.25) is 9.59 Å². The van der Waals surface area contributed by atoms with Crippen LogP contribution in [0.5, 0.6) is 0 Å². The molecule has 8 nitrogen and oxygen atoms in total. The van der Waals surface area contributed by atoms with E-state index in [2.05, 4.69) is 135 Å². The van der Waals surface area contributed by atoms with Crippen molar-refractivity contribution >= 4 is 17.9 Å². The van der Waals surface area contributed by atoms with Gasteiger partial charge < -0.3 is 23.8 Å². The molecule has 8 heteroatoms. The first-order valence-corrected chi connectivity index (χ1v) is 23.6. The van der Waals surface area contributed by atoms with Gasteiger partial charge in [0.25, 0.3) is 0 Å². The Morgan fingerprint density at radius 3 is 1.23 bits per heavy atom. The number of hydrogen-bond acceptors (Lipinski definition) is 6. The fourth-order valence-electron chi connectivity index (χ4n) is 6.02. The minimum atomic E-state index is -0.891. The smallest absolute Gasteiger partial charge is 0.362 e. The lowest BCUT2D eigenvalue weighted by molar-refractivity contribution is -0.887. The fraction of sp³-hybridized carbons (Fsp3) is 0.574. The van der Waals surface area contributed by atoms with Gasteiger partial charge in [0.15, 0.2) is 12.1 Å². The van der Waals surface area contributed by atoms with E-state index in [0.717, 1.165) is 109 Å². The van der Waals surface area contributed by atoms with Crippen LogP contribution in [0.4, 0.5) is 0 Å². The van der Waals surface area contributed by atoms with E-state index in [1.165, 1.54) is 0 Å². The molecule has 0 spiro atoms. The summed E-state index contributed by atoms with van der Waals surface area (Å²) in [5.41, 5.74) is 0. The van der Waals surface area contributed by atoms with E-state index in [1.807, 2.05) is 21.1 Å². The lowest BCUT2D eigenvalue weighted by Crippen LogP contribution is -2.50. The fourth-order valence-corrected chi connectivity index (χ4v) is 6.02. The van der Waals surface area contributed by atoms with E-state index in [9.17, 15) is 19.5 Å². The summed E-state index contributed by atoms with van der Waals surface area (Å²) in [6, 6.07) is -0.635. The molecule has 1 N–H and O–H groups in total. The number of nitrogens with zero attached hydrogens (tertiary/aromatic N) is 1. The number of ether oxygens (including phenoxy) is 3. The third-order valence-electron chi connectivity index (χ3n) is 9.61. The van der Waals surface area contributed by atoms with Gasteiger partial charge in [-0.15, -0.1) is 0 Å². The molecule has 0 fully saturated rings. The van der Waals surface area contributed by atoms with Gasteiger partial charge >= 0.3 is 17.9 Å². The Morgan fingerprint density at radius 1 is 0.484 bits per heavy atom. The number of carbonyl (C=O) groups excluding carboxylic acids is 2. The number of aliphatic carboxylic acids is 1. The second-order valence-corrected chi connectivity index (χ2v) is 16.2. The van der Waals surface area contributed by atoms with Crippen LogP contribution in [0, 0.1) is 0 Å². The van der Waals surface area contributed by atoms with Crippen molar-refractivity contribution in [3.8, 4) is 0 Å². The summed E-state index contributed by atoms with van der Waals surface area (Å²) in [6.07, 6.45) is 61.0. The molecule has 0 radical (unpaired) electrons. The number of rotatable bonds is 40. The van der Waals surface area contributed by atoms with Crippen LogP contribution in [0.3, 0.4) is 0 Å². The minimum absolute atomic E-state index is 0.0278. The number of likely N-dealkylation sites (N-methyl/N-ethyl adjacent to an activating group) is 1. The molecule has 0 bridgehead atoms. The number of carboxylic acid groups (broad SMARTS) is 1. The largest absolute Gasteiger partial charge is 0.477 e. The molecule has 0 aromatic rings. The van der Waals surface area contributed by atoms with Gasteiger partial charge in [0.1, 0.15) is 6.61 Å². The highest BCUT2D eigenvalue weighted by atomic mass is 16.6. The summed E-state index contributed by atoms with van der Waals surface area (Å²) in [6.45, 7) is 4.41. The van der Waals surface area contributed by atoms with Crippen molar-refractivity contribution in [2.45, 2.75) is 161 Å². The van der Waals surface area contributed by atoms with Crippen LogP contribution < -0.4 is 0 Å². The second kappa shape index (κ2) is 43.4. The molecule has 0 saturated carbocycles. The van der Waals surface area contributed by atoms with E-state index >= 15 is 0 Å². The Morgan fingerprint density at radius 2 is 0.855 bits per heavy atom. The van der Waals surface area contributed by atoms with Crippen molar-refractivity contribution in [3.63, 3.8) is 0 Å². The van der Waals surface area contributed by atoms with Crippen molar-refractivity contribution in [1.29, 1.82) is 0 Å². The van der Waals surface area contributed by atoms with Gasteiger partial charge in [-0.2, -0.15) is 0 Å². The Bertz CT molecular complexity index is 1420. The quantitative estimate of drug-likeness (QED) is 0.0283. The molecule has 0 aliphatic rings. The first-order chi connectivity index (χ1) is 30.1.